The third kappa shape index (κ3) is 3.93. The van der Waals surface area contributed by atoms with Crippen LogP contribution in [0.25, 0.3) is 10.9 Å². The molecule has 0 bridgehead atoms. The van der Waals surface area contributed by atoms with Gasteiger partial charge in [0.05, 0.1) is 5.52 Å². The summed E-state index contributed by atoms with van der Waals surface area (Å²) in [6.07, 6.45) is -0.389. The summed E-state index contributed by atoms with van der Waals surface area (Å²) >= 11 is 0. The molecule has 2 heterocycles. The Morgan fingerprint density at radius 3 is 2.18 bits per heavy atom. The molecular formula is C21H15F3N4. The summed E-state index contributed by atoms with van der Waals surface area (Å²) in [5, 5.41) is 3.51. The van der Waals surface area contributed by atoms with E-state index < -0.39 is 12.0 Å². The maximum atomic E-state index is 13.1. The van der Waals surface area contributed by atoms with Gasteiger partial charge in [-0.3, -0.25) is 4.98 Å². The zero-order valence-electron chi connectivity index (χ0n) is 14.6. The SMILES string of the molecule is FC(F)(F)c1nc(Nc2ccc(Cc3ccncc3)cc2)c2ccccc2n1. The molecule has 0 amide bonds. The Bertz CT molecular complexity index is 1090. The predicted octanol–water partition coefficient (Wildman–Crippen LogP) is 5.38. The first-order valence-corrected chi connectivity index (χ1v) is 8.58. The van der Waals surface area contributed by atoms with Gasteiger partial charge in [-0.05, 0) is 53.9 Å². The normalized spacial score (nSPS) is 11.5. The second-order valence-electron chi connectivity index (χ2n) is 6.26. The Morgan fingerprint density at radius 1 is 0.786 bits per heavy atom. The van der Waals surface area contributed by atoms with Crippen molar-refractivity contribution in [3.63, 3.8) is 0 Å². The van der Waals surface area contributed by atoms with Crippen molar-refractivity contribution in [1.82, 2.24) is 15.0 Å². The highest BCUT2D eigenvalue weighted by Gasteiger charge is 2.35. The Labute approximate surface area is 159 Å². The highest BCUT2D eigenvalue weighted by atomic mass is 19.4. The minimum Gasteiger partial charge on any atom is -0.340 e. The lowest BCUT2D eigenvalue weighted by molar-refractivity contribution is -0.144. The number of pyridine rings is 1. The Kier molecular flexibility index (Phi) is 4.65. The van der Waals surface area contributed by atoms with Crippen LogP contribution in [0.4, 0.5) is 24.7 Å². The van der Waals surface area contributed by atoms with Crippen LogP contribution in [-0.2, 0) is 12.6 Å². The van der Waals surface area contributed by atoms with E-state index in [4.69, 9.17) is 0 Å². The third-order valence-electron chi connectivity index (χ3n) is 4.23. The molecule has 4 rings (SSSR count). The number of anilines is 2. The molecular weight excluding hydrogens is 365 g/mol. The summed E-state index contributed by atoms with van der Waals surface area (Å²) in [6.45, 7) is 0. The van der Waals surface area contributed by atoms with Crippen molar-refractivity contribution in [1.29, 1.82) is 0 Å². The molecule has 0 atom stereocenters. The molecule has 0 fully saturated rings. The van der Waals surface area contributed by atoms with Gasteiger partial charge in [0, 0.05) is 23.5 Å². The summed E-state index contributed by atoms with van der Waals surface area (Å²) in [4.78, 5) is 11.3. The minimum absolute atomic E-state index is 0.125. The van der Waals surface area contributed by atoms with Gasteiger partial charge in [0.15, 0.2) is 0 Å². The van der Waals surface area contributed by atoms with E-state index in [0.29, 0.717) is 11.1 Å². The second-order valence-corrected chi connectivity index (χ2v) is 6.26. The molecule has 0 aliphatic heterocycles. The first-order valence-electron chi connectivity index (χ1n) is 8.58. The fourth-order valence-electron chi connectivity index (χ4n) is 2.88. The zero-order chi connectivity index (χ0) is 19.6. The highest BCUT2D eigenvalue weighted by Crippen LogP contribution is 2.31. The number of nitrogens with zero attached hydrogens (tertiary/aromatic N) is 3. The number of para-hydroxylation sites is 1. The molecule has 2 aromatic heterocycles. The predicted molar refractivity (Wildman–Crippen MR) is 101 cm³/mol. The first-order chi connectivity index (χ1) is 13.5. The second kappa shape index (κ2) is 7.26. The quantitative estimate of drug-likeness (QED) is 0.517. The first kappa shape index (κ1) is 17.9. The van der Waals surface area contributed by atoms with Gasteiger partial charge in [-0.25, -0.2) is 9.97 Å². The summed E-state index contributed by atoms with van der Waals surface area (Å²) in [5.74, 6) is -1.04. The Hall–Kier alpha value is -3.48. The van der Waals surface area contributed by atoms with Gasteiger partial charge < -0.3 is 5.32 Å². The minimum atomic E-state index is -4.62. The molecule has 4 nitrogen and oxygen atoms in total. The maximum Gasteiger partial charge on any atom is 0.451 e. The van der Waals surface area contributed by atoms with Crippen LogP contribution in [0.5, 0.6) is 0 Å². The molecule has 7 heteroatoms. The van der Waals surface area contributed by atoms with E-state index in [1.54, 1.807) is 30.6 Å². The molecule has 0 saturated carbocycles. The van der Waals surface area contributed by atoms with Gasteiger partial charge in [-0.2, -0.15) is 13.2 Å². The third-order valence-corrected chi connectivity index (χ3v) is 4.23. The molecule has 140 valence electrons. The smallest absolute Gasteiger partial charge is 0.340 e. The van der Waals surface area contributed by atoms with Gasteiger partial charge in [-0.1, -0.05) is 24.3 Å². The van der Waals surface area contributed by atoms with E-state index in [1.165, 1.54) is 6.07 Å². The molecule has 1 N–H and O–H groups in total. The summed E-state index contributed by atoms with van der Waals surface area (Å²) in [6, 6.07) is 18.0. The average molecular weight is 380 g/mol. The van der Waals surface area contributed by atoms with Gasteiger partial charge in [0.2, 0.25) is 5.82 Å². The standard InChI is InChI=1S/C21H15F3N4/c22-21(23,24)20-27-18-4-2-1-3-17(18)19(28-20)26-16-7-5-14(6-8-16)13-15-9-11-25-12-10-15/h1-12H,13H2,(H,26,27,28). The van der Waals surface area contributed by atoms with Crippen LogP contribution in [0.1, 0.15) is 17.0 Å². The molecule has 0 unspecified atom stereocenters. The zero-order valence-corrected chi connectivity index (χ0v) is 14.6. The van der Waals surface area contributed by atoms with Crippen LogP contribution in [0.15, 0.2) is 73.1 Å². The number of hydrogen-bond donors (Lipinski definition) is 1. The van der Waals surface area contributed by atoms with Gasteiger partial charge >= 0.3 is 6.18 Å². The monoisotopic (exact) mass is 380 g/mol. The number of benzene rings is 2. The summed E-state index contributed by atoms with van der Waals surface area (Å²) in [5.41, 5.74) is 3.10. The largest absolute Gasteiger partial charge is 0.451 e. The number of alkyl halides is 3. The molecule has 2 aromatic carbocycles. The fraction of sp³-hybridized carbons (Fsp3) is 0.0952. The molecule has 0 saturated heterocycles. The molecule has 0 aliphatic rings. The van der Waals surface area contributed by atoms with Crippen molar-refractivity contribution >= 4 is 22.4 Å². The van der Waals surface area contributed by atoms with Crippen molar-refractivity contribution in [2.24, 2.45) is 0 Å². The van der Waals surface area contributed by atoms with Crippen LogP contribution in [-0.4, -0.2) is 15.0 Å². The Balaban J connectivity index is 1.62. The maximum absolute atomic E-state index is 13.1. The number of aromatic nitrogens is 3. The van der Waals surface area contributed by atoms with Crippen molar-refractivity contribution < 1.29 is 13.2 Å². The van der Waals surface area contributed by atoms with Crippen molar-refractivity contribution in [2.45, 2.75) is 12.6 Å². The topological polar surface area (TPSA) is 50.7 Å². The van der Waals surface area contributed by atoms with Crippen molar-refractivity contribution in [3.8, 4) is 0 Å². The number of nitrogens with one attached hydrogen (secondary N) is 1. The fourth-order valence-corrected chi connectivity index (χ4v) is 2.88. The summed E-state index contributed by atoms with van der Waals surface area (Å²) < 4.78 is 39.4. The number of halogens is 3. The number of hydrogen-bond acceptors (Lipinski definition) is 4. The molecule has 0 radical (unpaired) electrons. The highest BCUT2D eigenvalue weighted by molar-refractivity contribution is 5.90. The van der Waals surface area contributed by atoms with Crippen LogP contribution in [0.2, 0.25) is 0 Å². The number of rotatable bonds is 4. The van der Waals surface area contributed by atoms with E-state index in [2.05, 4.69) is 20.3 Å². The van der Waals surface area contributed by atoms with Crippen molar-refractivity contribution in [3.05, 3.63) is 90.0 Å². The molecule has 4 aromatic rings. The van der Waals surface area contributed by atoms with E-state index in [-0.39, 0.29) is 11.3 Å². The number of fused-ring (bicyclic) bond motifs is 1. The van der Waals surface area contributed by atoms with Crippen LogP contribution in [0, 0.1) is 0 Å². The molecule has 0 spiro atoms. The van der Waals surface area contributed by atoms with Crippen LogP contribution < -0.4 is 5.32 Å². The van der Waals surface area contributed by atoms with Crippen molar-refractivity contribution in [2.75, 3.05) is 5.32 Å². The van der Waals surface area contributed by atoms with E-state index >= 15 is 0 Å². The lowest BCUT2D eigenvalue weighted by Crippen LogP contribution is -2.12. The van der Waals surface area contributed by atoms with E-state index in [0.717, 1.165) is 17.5 Å². The van der Waals surface area contributed by atoms with Gasteiger partial charge in [0.25, 0.3) is 0 Å². The van der Waals surface area contributed by atoms with E-state index in [9.17, 15) is 13.2 Å². The van der Waals surface area contributed by atoms with Gasteiger partial charge in [-0.15, -0.1) is 0 Å². The lowest BCUT2D eigenvalue weighted by atomic mass is 10.1. The van der Waals surface area contributed by atoms with E-state index in [1.807, 2.05) is 36.4 Å². The molecule has 28 heavy (non-hydrogen) atoms. The average Bonchev–Trinajstić information content (AvgIpc) is 2.69. The molecule has 0 aliphatic carbocycles. The Morgan fingerprint density at radius 2 is 1.46 bits per heavy atom. The summed E-state index contributed by atoms with van der Waals surface area (Å²) in [7, 11) is 0. The lowest BCUT2D eigenvalue weighted by Gasteiger charge is -2.12. The van der Waals surface area contributed by atoms with Crippen LogP contribution in [0.3, 0.4) is 0 Å². The van der Waals surface area contributed by atoms with Gasteiger partial charge in [0.1, 0.15) is 5.82 Å². The van der Waals surface area contributed by atoms with Crippen LogP contribution >= 0.6 is 0 Å².